The minimum absolute atomic E-state index is 0.0462. The number of piperidine rings is 1. The lowest BCUT2D eigenvalue weighted by Crippen LogP contribution is -2.38. The van der Waals surface area contributed by atoms with E-state index < -0.39 is 5.41 Å². The van der Waals surface area contributed by atoms with Crippen molar-refractivity contribution in [1.82, 2.24) is 10.0 Å². The molecular weight excluding hydrogens is 358 g/mol. The summed E-state index contributed by atoms with van der Waals surface area (Å²) < 4.78 is 0. The van der Waals surface area contributed by atoms with Gasteiger partial charge < -0.3 is 9.74 Å². The zero-order valence-corrected chi connectivity index (χ0v) is 17.7. The molecule has 1 aromatic carbocycles. The minimum Gasteiger partial charge on any atom is -0.378 e. The molecule has 1 aliphatic rings. The van der Waals surface area contributed by atoms with Gasteiger partial charge in [-0.3, -0.25) is 0 Å². The number of carbonyl (C=O) groups excluding carboxylic acids is 1. The van der Waals surface area contributed by atoms with Gasteiger partial charge in [-0.25, -0.2) is 9.78 Å². The highest BCUT2D eigenvalue weighted by Crippen LogP contribution is 2.36. The number of hydrogen-bond donors (Lipinski definition) is 0. The van der Waals surface area contributed by atoms with Crippen LogP contribution in [0, 0.1) is 5.41 Å². The molecule has 1 aromatic heterocycles. The summed E-state index contributed by atoms with van der Waals surface area (Å²) in [6, 6.07) is 8.46. The third-order valence-corrected chi connectivity index (χ3v) is 5.70. The Hall–Kier alpha value is -1.92. The number of benzene rings is 1. The molecule has 2 aromatic rings. The summed E-state index contributed by atoms with van der Waals surface area (Å²) in [6.07, 6.45) is 3.13. The second-order valence-electron chi connectivity index (χ2n) is 8.29. The maximum absolute atomic E-state index is 12.3. The molecule has 0 saturated carbocycles. The van der Waals surface area contributed by atoms with Crippen molar-refractivity contribution in [3.63, 3.8) is 0 Å². The van der Waals surface area contributed by atoms with Crippen LogP contribution in [0.2, 0.25) is 0 Å². The molecule has 27 heavy (non-hydrogen) atoms. The Balaban J connectivity index is 1.77. The molecule has 1 saturated heterocycles. The van der Waals surface area contributed by atoms with Crippen molar-refractivity contribution in [2.45, 2.75) is 46.1 Å². The molecule has 0 radical (unpaired) electrons. The topological polar surface area (TPSA) is 45.7 Å². The molecule has 1 fully saturated rings. The van der Waals surface area contributed by atoms with Gasteiger partial charge in [0.2, 0.25) is 0 Å². The highest BCUT2D eigenvalue weighted by atomic mass is 32.1. The maximum atomic E-state index is 12.3. The van der Waals surface area contributed by atoms with E-state index in [1.165, 1.54) is 5.69 Å². The molecule has 3 rings (SSSR count). The maximum Gasteiger partial charge on any atom is 0.330 e. The molecule has 0 spiro atoms. The first-order chi connectivity index (χ1) is 12.8. The van der Waals surface area contributed by atoms with Crippen LogP contribution in [0.15, 0.2) is 29.6 Å². The van der Waals surface area contributed by atoms with Crippen molar-refractivity contribution in [3.8, 4) is 11.3 Å². The fourth-order valence-electron chi connectivity index (χ4n) is 3.01. The monoisotopic (exact) mass is 387 g/mol. The van der Waals surface area contributed by atoms with Gasteiger partial charge in [0.25, 0.3) is 0 Å². The van der Waals surface area contributed by atoms with Crippen LogP contribution in [-0.4, -0.2) is 36.7 Å². The van der Waals surface area contributed by atoms with E-state index in [1.807, 2.05) is 39.9 Å². The summed E-state index contributed by atoms with van der Waals surface area (Å²) in [5.74, 6) is -0.189. The van der Waals surface area contributed by atoms with Crippen LogP contribution >= 0.6 is 11.3 Å². The second kappa shape index (κ2) is 7.98. The Morgan fingerprint density at radius 3 is 2.56 bits per heavy atom. The van der Waals surface area contributed by atoms with E-state index in [4.69, 9.17) is 9.82 Å². The molecule has 0 unspecified atom stereocenters. The second-order valence-corrected chi connectivity index (χ2v) is 9.18. The van der Waals surface area contributed by atoms with Crippen LogP contribution in [0.3, 0.4) is 0 Å². The third kappa shape index (κ3) is 4.68. The van der Waals surface area contributed by atoms with E-state index in [1.54, 1.807) is 11.3 Å². The number of thiazole rings is 1. The molecule has 0 aliphatic carbocycles. The molecule has 6 heteroatoms. The first-order valence-electron chi connectivity index (χ1n) is 9.48. The van der Waals surface area contributed by atoms with Gasteiger partial charge >= 0.3 is 5.97 Å². The number of rotatable bonds is 4. The Bertz CT molecular complexity index is 777. The number of hydroxylamine groups is 2. The zero-order valence-electron chi connectivity index (χ0n) is 16.9. The Kier molecular flexibility index (Phi) is 5.86. The van der Waals surface area contributed by atoms with E-state index >= 15 is 0 Å². The van der Waals surface area contributed by atoms with Crippen LogP contribution in [-0.2, 0) is 9.63 Å². The molecule has 0 amide bonds. The standard InChI is InChI=1S/C21H29N3O2S/c1-21(2,3)20(25)26-24-13-7-6-8-18(24)19-22-17(14-27-19)15-9-11-16(12-10-15)23(4)5/h9-12,14,18H,6-8,13H2,1-5H3/t18-/m1/s1. The molecule has 1 aliphatic heterocycles. The van der Waals surface area contributed by atoms with Crippen LogP contribution in [0.4, 0.5) is 5.69 Å². The van der Waals surface area contributed by atoms with Crippen molar-refractivity contribution in [3.05, 3.63) is 34.7 Å². The largest absolute Gasteiger partial charge is 0.378 e. The van der Waals surface area contributed by atoms with E-state index in [0.717, 1.165) is 42.1 Å². The van der Waals surface area contributed by atoms with Crippen molar-refractivity contribution in [2.75, 3.05) is 25.5 Å². The molecule has 2 heterocycles. The van der Waals surface area contributed by atoms with Crippen molar-refractivity contribution >= 4 is 23.0 Å². The van der Waals surface area contributed by atoms with Crippen molar-refractivity contribution in [2.24, 2.45) is 5.41 Å². The molecule has 0 bridgehead atoms. The van der Waals surface area contributed by atoms with Gasteiger partial charge in [-0.05, 0) is 52.2 Å². The SMILES string of the molecule is CN(C)c1ccc(-c2csc([C@H]3CCCCN3OC(=O)C(C)(C)C)n2)cc1. The van der Waals surface area contributed by atoms with Crippen LogP contribution in [0.1, 0.15) is 51.1 Å². The lowest BCUT2D eigenvalue weighted by atomic mass is 9.97. The van der Waals surface area contributed by atoms with Crippen LogP contribution < -0.4 is 4.90 Å². The summed E-state index contributed by atoms with van der Waals surface area (Å²) in [6.45, 7) is 6.41. The Morgan fingerprint density at radius 2 is 1.93 bits per heavy atom. The summed E-state index contributed by atoms with van der Waals surface area (Å²) in [5, 5.41) is 4.95. The number of nitrogens with zero attached hydrogens (tertiary/aromatic N) is 3. The molecule has 0 N–H and O–H groups in total. The van der Waals surface area contributed by atoms with Gasteiger partial charge in [0.1, 0.15) is 5.01 Å². The number of carbonyl (C=O) groups is 1. The highest BCUT2D eigenvalue weighted by Gasteiger charge is 2.33. The van der Waals surface area contributed by atoms with Crippen LogP contribution in [0.5, 0.6) is 0 Å². The van der Waals surface area contributed by atoms with Crippen LogP contribution in [0.25, 0.3) is 11.3 Å². The van der Waals surface area contributed by atoms with E-state index in [2.05, 4.69) is 34.5 Å². The van der Waals surface area contributed by atoms with Gasteiger partial charge in [0.15, 0.2) is 0 Å². The first kappa shape index (κ1) is 19.8. The van der Waals surface area contributed by atoms with E-state index in [9.17, 15) is 4.79 Å². The van der Waals surface area contributed by atoms with E-state index in [-0.39, 0.29) is 12.0 Å². The summed E-state index contributed by atoms with van der Waals surface area (Å²) in [4.78, 5) is 25.0. The van der Waals surface area contributed by atoms with Gasteiger partial charge in [-0.1, -0.05) is 12.1 Å². The quantitative estimate of drug-likeness (QED) is 0.746. The molecular formula is C21H29N3O2S. The summed E-state index contributed by atoms with van der Waals surface area (Å²) in [5.41, 5.74) is 2.75. The number of hydrogen-bond acceptors (Lipinski definition) is 6. The average molecular weight is 388 g/mol. The fourth-order valence-corrected chi connectivity index (χ4v) is 3.97. The summed E-state index contributed by atoms with van der Waals surface area (Å²) >= 11 is 1.65. The average Bonchev–Trinajstić information content (AvgIpc) is 3.11. The predicted octanol–water partition coefficient (Wildman–Crippen LogP) is 4.91. The number of aromatic nitrogens is 1. The van der Waals surface area contributed by atoms with E-state index in [0.29, 0.717) is 0 Å². The Morgan fingerprint density at radius 1 is 1.22 bits per heavy atom. The normalized spacial score (nSPS) is 18.3. The molecule has 5 nitrogen and oxygen atoms in total. The van der Waals surface area contributed by atoms with Gasteiger partial charge in [-0.15, -0.1) is 16.4 Å². The zero-order chi connectivity index (χ0) is 19.6. The fraction of sp³-hybridized carbons (Fsp3) is 0.524. The third-order valence-electron chi connectivity index (χ3n) is 4.75. The van der Waals surface area contributed by atoms with Gasteiger partial charge in [0, 0.05) is 37.3 Å². The predicted molar refractivity (Wildman–Crippen MR) is 111 cm³/mol. The van der Waals surface area contributed by atoms with Crippen molar-refractivity contribution < 1.29 is 9.63 Å². The first-order valence-corrected chi connectivity index (χ1v) is 10.4. The lowest BCUT2D eigenvalue weighted by Gasteiger charge is -2.34. The summed E-state index contributed by atoms with van der Waals surface area (Å²) in [7, 11) is 4.07. The van der Waals surface area contributed by atoms with Gasteiger partial charge in [-0.2, -0.15) is 0 Å². The highest BCUT2D eigenvalue weighted by molar-refractivity contribution is 7.10. The van der Waals surface area contributed by atoms with Crippen molar-refractivity contribution in [1.29, 1.82) is 0 Å². The minimum atomic E-state index is -0.510. The lowest BCUT2D eigenvalue weighted by molar-refractivity contribution is -0.218. The molecule has 146 valence electrons. The van der Waals surface area contributed by atoms with Gasteiger partial charge in [0.05, 0.1) is 17.2 Å². The number of anilines is 1. The smallest absolute Gasteiger partial charge is 0.330 e. The Labute approximate surface area is 165 Å². The molecule has 1 atom stereocenters.